The minimum Gasteiger partial charge on any atom is -0.489 e. The topological polar surface area (TPSA) is 131 Å². The van der Waals surface area contributed by atoms with Crippen molar-refractivity contribution in [1.29, 1.82) is 0 Å². The maximum absolute atomic E-state index is 12.1. The van der Waals surface area contributed by atoms with Crippen LogP contribution in [0.4, 0.5) is 0 Å². The molecule has 2 aromatic heterocycles. The van der Waals surface area contributed by atoms with E-state index in [-0.39, 0.29) is 18.8 Å². The summed E-state index contributed by atoms with van der Waals surface area (Å²) in [6, 6.07) is 14.3. The normalized spacial score (nSPS) is 12.4. The largest absolute Gasteiger partial charge is 0.489 e. The van der Waals surface area contributed by atoms with Crippen LogP contribution in [0.3, 0.4) is 0 Å². The van der Waals surface area contributed by atoms with Gasteiger partial charge in [-0.15, -0.1) is 0 Å². The van der Waals surface area contributed by atoms with E-state index in [1.54, 1.807) is 57.4 Å². The van der Waals surface area contributed by atoms with Crippen molar-refractivity contribution in [3.63, 3.8) is 0 Å². The van der Waals surface area contributed by atoms with Gasteiger partial charge in [0.2, 0.25) is 0 Å². The van der Waals surface area contributed by atoms with Gasteiger partial charge in [0.15, 0.2) is 0 Å². The van der Waals surface area contributed by atoms with Crippen molar-refractivity contribution in [2.75, 3.05) is 0 Å². The van der Waals surface area contributed by atoms with Crippen LogP contribution in [0.5, 0.6) is 5.75 Å². The smallest absolute Gasteiger partial charge is 0.320 e. The molecule has 0 bridgehead atoms. The number of ether oxygens (including phenoxy) is 1. The van der Waals surface area contributed by atoms with E-state index in [1.165, 1.54) is 6.26 Å². The predicted octanol–water partition coefficient (Wildman–Crippen LogP) is 4.95. The molecular formula is C26H26N2O7S. The van der Waals surface area contributed by atoms with Gasteiger partial charge in [-0.3, -0.25) is 4.79 Å². The fourth-order valence-electron chi connectivity index (χ4n) is 3.65. The molecule has 9 nitrogen and oxygen atoms in total. The summed E-state index contributed by atoms with van der Waals surface area (Å²) in [6.07, 6.45) is 4.08. The number of fused-ring (bicyclic) bond motifs is 1. The first-order valence-electron chi connectivity index (χ1n) is 11.1. The molecule has 0 saturated carbocycles. The Kier molecular flexibility index (Phi) is 7.00. The van der Waals surface area contributed by atoms with Crippen molar-refractivity contribution in [3.05, 3.63) is 77.9 Å². The third-order valence-electron chi connectivity index (χ3n) is 5.00. The van der Waals surface area contributed by atoms with Gasteiger partial charge in [-0.05, 0) is 56.7 Å². The lowest BCUT2D eigenvalue weighted by Crippen LogP contribution is -2.39. The molecule has 0 saturated heterocycles. The second-order valence-corrected chi connectivity index (χ2v) is 10.6. The molecule has 2 aromatic carbocycles. The molecule has 0 atom stereocenters. The van der Waals surface area contributed by atoms with Crippen LogP contribution in [-0.4, -0.2) is 31.2 Å². The SMILES string of the molecule is CC(C)(C)NS(=O)(=O)/N=C/c1cc(-c2cc(COc3ccccc3CC(=O)O)cc3ccoc23)co1. The van der Waals surface area contributed by atoms with E-state index in [0.29, 0.717) is 22.5 Å². The van der Waals surface area contributed by atoms with Crippen LogP contribution in [-0.2, 0) is 28.0 Å². The first-order chi connectivity index (χ1) is 17.0. The Morgan fingerprint density at radius 3 is 2.67 bits per heavy atom. The van der Waals surface area contributed by atoms with Crippen molar-refractivity contribution in [2.24, 2.45) is 4.40 Å². The van der Waals surface area contributed by atoms with Crippen LogP contribution in [0.2, 0.25) is 0 Å². The number of benzene rings is 2. The van der Waals surface area contributed by atoms with E-state index in [2.05, 4.69) is 9.12 Å². The van der Waals surface area contributed by atoms with Crippen LogP contribution in [0.25, 0.3) is 22.1 Å². The van der Waals surface area contributed by atoms with Gasteiger partial charge in [0, 0.05) is 27.6 Å². The molecule has 0 radical (unpaired) electrons. The fourth-order valence-corrected chi connectivity index (χ4v) is 4.72. The summed E-state index contributed by atoms with van der Waals surface area (Å²) in [5.74, 6) is -0.177. The van der Waals surface area contributed by atoms with Gasteiger partial charge >= 0.3 is 16.2 Å². The standard InChI is InChI=1S/C26H26N2O7S/c1-26(2,3)28-36(31,32)27-14-21-12-20(16-34-21)22-11-17(10-19-8-9-33-25(19)22)15-35-23-7-5-4-6-18(23)13-24(29)30/h4-12,14,16,28H,13,15H2,1-3H3,(H,29,30)/b27-14+. The Morgan fingerprint density at radius 2 is 1.92 bits per heavy atom. The van der Waals surface area contributed by atoms with Crippen LogP contribution >= 0.6 is 0 Å². The molecule has 0 aliphatic rings. The van der Waals surface area contributed by atoms with Gasteiger partial charge in [0.25, 0.3) is 0 Å². The summed E-state index contributed by atoms with van der Waals surface area (Å²) in [7, 11) is -3.88. The van der Waals surface area contributed by atoms with Gasteiger partial charge in [-0.25, -0.2) is 0 Å². The summed E-state index contributed by atoms with van der Waals surface area (Å²) < 4.78 is 47.5. The number of rotatable bonds is 9. The minimum absolute atomic E-state index is 0.136. The summed E-state index contributed by atoms with van der Waals surface area (Å²) >= 11 is 0. The van der Waals surface area contributed by atoms with E-state index < -0.39 is 21.7 Å². The number of para-hydroxylation sites is 1. The van der Waals surface area contributed by atoms with E-state index in [4.69, 9.17) is 18.7 Å². The van der Waals surface area contributed by atoms with Gasteiger partial charge in [0.1, 0.15) is 23.7 Å². The van der Waals surface area contributed by atoms with Gasteiger partial charge in [-0.1, -0.05) is 18.2 Å². The highest BCUT2D eigenvalue weighted by Gasteiger charge is 2.19. The van der Waals surface area contributed by atoms with Crippen molar-refractivity contribution < 1.29 is 31.9 Å². The lowest BCUT2D eigenvalue weighted by atomic mass is 10.0. The molecule has 0 unspecified atom stereocenters. The number of aliphatic carboxylic acids is 1. The second-order valence-electron chi connectivity index (χ2n) is 9.25. The van der Waals surface area contributed by atoms with Crippen LogP contribution < -0.4 is 9.46 Å². The maximum Gasteiger partial charge on any atom is 0.320 e. The van der Waals surface area contributed by atoms with Gasteiger partial charge < -0.3 is 18.7 Å². The number of carboxylic acid groups (broad SMARTS) is 1. The second kappa shape index (κ2) is 10.00. The molecular weight excluding hydrogens is 484 g/mol. The van der Waals surface area contributed by atoms with E-state index in [1.807, 2.05) is 18.2 Å². The highest BCUT2D eigenvalue weighted by molar-refractivity contribution is 7.88. The Bertz CT molecular complexity index is 1530. The highest BCUT2D eigenvalue weighted by Crippen LogP contribution is 2.33. The Hall–Kier alpha value is -3.89. The molecule has 10 heteroatoms. The molecule has 0 aliphatic carbocycles. The molecule has 2 N–H and O–H groups in total. The predicted molar refractivity (Wildman–Crippen MR) is 135 cm³/mol. The Labute approximate surface area is 208 Å². The number of carbonyl (C=O) groups is 1. The maximum atomic E-state index is 12.1. The fraction of sp³-hybridized carbons (Fsp3) is 0.231. The molecule has 36 heavy (non-hydrogen) atoms. The summed E-state index contributed by atoms with van der Waals surface area (Å²) in [6.45, 7) is 5.37. The van der Waals surface area contributed by atoms with Crippen LogP contribution in [0, 0.1) is 0 Å². The Morgan fingerprint density at radius 1 is 1.14 bits per heavy atom. The third-order valence-corrected chi connectivity index (χ3v) is 6.26. The summed E-state index contributed by atoms with van der Waals surface area (Å²) in [4.78, 5) is 11.2. The molecule has 4 rings (SSSR count). The molecule has 2 heterocycles. The lowest BCUT2D eigenvalue weighted by molar-refractivity contribution is -0.136. The quantitative estimate of drug-likeness (QED) is 0.305. The lowest BCUT2D eigenvalue weighted by Gasteiger charge is -2.17. The molecule has 4 aromatic rings. The number of hydrogen-bond donors (Lipinski definition) is 2. The van der Waals surface area contributed by atoms with Gasteiger partial charge in [0.05, 0.1) is 25.2 Å². The zero-order valence-corrected chi connectivity index (χ0v) is 20.8. The van der Waals surface area contributed by atoms with Crippen molar-refractivity contribution in [2.45, 2.75) is 39.3 Å². The number of furan rings is 2. The average molecular weight is 511 g/mol. The first-order valence-corrected chi connectivity index (χ1v) is 12.5. The minimum atomic E-state index is -3.88. The highest BCUT2D eigenvalue weighted by atomic mass is 32.2. The summed E-state index contributed by atoms with van der Waals surface area (Å²) in [5, 5.41) is 9.99. The molecule has 0 aliphatic heterocycles. The molecule has 0 spiro atoms. The van der Waals surface area contributed by atoms with Crippen molar-refractivity contribution in [3.8, 4) is 16.9 Å². The monoisotopic (exact) mass is 510 g/mol. The molecule has 0 amide bonds. The number of nitrogens with one attached hydrogen (secondary N) is 1. The van der Waals surface area contributed by atoms with Crippen molar-refractivity contribution in [1.82, 2.24) is 4.72 Å². The number of carboxylic acids is 1. The summed E-state index contributed by atoms with van der Waals surface area (Å²) in [5.41, 5.74) is 2.80. The Balaban J connectivity index is 1.59. The van der Waals surface area contributed by atoms with E-state index >= 15 is 0 Å². The average Bonchev–Trinajstić information content (AvgIpc) is 3.44. The van der Waals surface area contributed by atoms with E-state index in [0.717, 1.165) is 22.7 Å². The first kappa shape index (κ1) is 25.2. The zero-order valence-electron chi connectivity index (χ0n) is 20.0. The van der Waals surface area contributed by atoms with Gasteiger partial charge in [-0.2, -0.15) is 17.5 Å². The van der Waals surface area contributed by atoms with Crippen LogP contribution in [0.1, 0.15) is 37.7 Å². The van der Waals surface area contributed by atoms with E-state index in [9.17, 15) is 13.2 Å². The number of nitrogens with zero attached hydrogens (tertiary/aromatic N) is 1. The third kappa shape index (κ3) is 6.41. The van der Waals surface area contributed by atoms with Crippen LogP contribution in [0.15, 0.2) is 74.3 Å². The molecule has 188 valence electrons. The zero-order chi connectivity index (χ0) is 25.9. The molecule has 0 fully saturated rings. The number of hydrogen-bond acceptors (Lipinski definition) is 6. The van der Waals surface area contributed by atoms with Crippen molar-refractivity contribution >= 4 is 33.4 Å².